The number of halogens is 3. The molecule has 2 N–H and O–H groups in total. The van der Waals surface area contributed by atoms with Crippen molar-refractivity contribution in [2.75, 3.05) is 5.73 Å². The third kappa shape index (κ3) is 5.13. The molecule has 1 aromatic heterocycles. The molecule has 0 saturated carbocycles. The Kier molecular flexibility index (Phi) is 12.3. The highest BCUT2D eigenvalue weighted by Crippen LogP contribution is 2.02. The van der Waals surface area contributed by atoms with Crippen molar-refractivity contribution in [3.8, 4) is 0 Å². The summed E-state index contributed by atoms with van der Waals surface area (Å²) in [7, 11) is 0. The van der Waals surface area contributed by atoms with Crippen molar-refractivity contribution in [2.24, 2.45) is 0 Å². The second-order valence-electron chi connectivity index (χ2n) is 1.68. The molecule has 0 saturated heterocycles. The largest absolute Gasteiger partial charge is 0.397 e. The van der Waals surface area contributed by atoms with E-state index in [0.29, 0.717) is 0 Å². The topological polar surface area (TPSA) is 38.9 Å². The van der Waals surface area contributed by atoms with Crippen LogP contribution in [0, 0.1) is 6.92 Å². The first kappa shape index (κ1) is 17.1. The van der Waals surface area contributed by atoms with Crippen LogP contribution in [0.4, 0.5) is 5.69 Å². The minimum atomic E-state index is 0. The Morgan fingerprint density at radius 2 is 1.82 bits per heavy atom. The molecule has 0 aliphatic heterocycles. The minimum absolute atomic E-state index is 0. The Morgan fingerprint density at radius 3 is 2.09 bits per heavy atom. The van der Waals surface area contributed by atoms with Gasteiger partial charge in [0.1, 0.15) is 0 Å². The van der Waals surface area contributed by atoms with Gasteiger partial charge in [-0.1, -0.05) is 0 Å². The van der Waals surface area contributed by atoms with Gasteiger partial charge in [0.15, 0.2) is 0 Å². The predicted octanol–water partition coefficient (Wildman–Crippen LogP) is 2.24. The van der Waals surface area contributed by atoms with Crippen LogP contribution < -0.4 is 5.73 Å². The molecular formula is C6H11Cl3N2. The van der Waals surface area contributed by atoms with E-state index in [4.69, 9.17) is 5.73 Å². The van der Waals surface area contributed by atoms with Crippen molar-refractivity contribution < 1.29 is 0 Å². The maximum atomic E-state index is 5.46. The summed E-state index contributed by atoms with van der Waals surface area (Å²) in [6, 6.07) is 3.66. The zero-order valence-corrected chi connectivity index (χ0v) is 8.43. The van der Waals surface area contributed by atoms with E-state index in [1.807, 2.05) is 19.1 Å². The van der Waals surface area contributed by atoms with E-state index >= 15 is 0 Å². The first-order valence-electron chi connectivity index (χ1n) is 2.48. The van der Waals surface area contributed by atoms with E-state index in [-0.39, 0.29) is 37.2 Å². The lowest BCUT2D eigenvalue weighted by molar-refractivity contribution is 1.21. The molecule has 1 heterocycles. The maximum Gasteiger partial charge on any atom is 0.0601 e. The van der Waals surface area contributed by atoms with Crippen LogP contribution in [0.3, 0.4) is 0 Å². The van der Waals surface area contributed by atoms with E-state index in [1.165, 1.54) is 0 Å². The zero-order valence-electron chi connectivity index (χ0n) is 5.98. The van der Waals surface area contributed by atoms with E-state index < -0.39 is 0 Å². The molecule has 2 nitrogen and oxygen atoms in total. The number of hydrogen-bond donors (Lipinski definition) is 1. The summed E-state index contributed by atoms with van der Waals surface area (Å²) < 4.78 is 0. The highest BCUT2D eigenvalue weighted by atomic mass is 35.5. The van der Waals surface area contributed by atoms with Gasteiger partial charge in [0.2, 0.25) is 0 Å². The first-order valence-corrected chi connectivity index (χ1v) is 2.48. The first-order chi connectivity index (χ1) is 3.80. The molecular weight excluding hydrogens is 206 g/mol. The molecule has 0 aliphatic carbocycles. The van der Waals surface area contributed by atoms with Crippen molar-refractivity contribution in [1.29, 1.82) is 0 Å². The van der Waals surface area contributed by atoms with Gasteiger partial charge in [0, 0.05) is 6.20 Å². The van der Waals surface area contributed by atoms with Crippen molar-refractivity contribution >= 4 is 42.9 Å². The van der Waals surface area contributed by atoms with Gasteiger partial charge in [-0.3, -0.25) is 4.98 Å². The van der Waals surface area contributed by atoms with Crippen molar-refractivity contribution in [3.63, 3.8) is 0 Å². The lowest BCUT2D eigenvalue weighted by atomic mass is 10.3. The Bertz CT molecular complexity index is 172. The Balaban J connectivity index is -0.000000213. The quantitative estimate of drug-likeness (QED) is 0.724. The van der Waals surface area contributed by atoms with Crippen LogP contribution in [0.2, 0.25) is 0 Å². The van der Waals surface area contributed by atoms with Crippen LogP contribution in [0.25, 0.3) is 0 Å². The lowest BCUT2D eigenvalue weighted by Gasteiger charge is -1.92. The Labute approximate surface area is 84.8 Å². The van der Waals surface area contributed by atoms with Crippen LogP contribution in [-0.4, -0.2) is 4.98 Å². The number of anilines is 1. The van der Waals surface area contributed by atoms with Gasteiger partial charge in [-0.15, -0.1) is 37.2 Å². The van der Waals surface area contributed by atoms with Gasteiger partial charge >= 0.3 is 0 Å². The Morgan fingerprint density at radius 1 is 1.27 bits per heavy atom. The van der Waals surface area contributed by atoms with Crippen LogP contribution >= 0.6 is 37.2 Å². The third-order valence-corrected chi connectivity index (χ3v) is 1.05. The summed E-state index contributed by atoms with van der Waals surface area (Å²) >= 11 is 0. The third-order valence-electron chi connectivity index (χ3n) is 1.05. The van der Waals surface area contributed by atoms with Crippen LogP contribution in [0.15, 0.2) is 18.3 Å². The molecule has 0 spiro atoms. The van der Waals surface area contributed by atoms with Gasteiger partial charge in [-0.2, -0.15) is 0 Å². The summed E-state index contributed by atoms with van der Waals surface area (Å²) in [4.78, 5) is 3.95. The van der Waals surface area contributed by atoms with Crippen molar-refractivity contribution in [1.82, 2.24) is 4.98 Å². The molecule has 0 aliphatic rings. The minimum Gasteiger partial charge on any atom is -0.397 e. The molecule has 11 heavy (non-hydrogen) atoms. The average Bonchev–Trinajstić information content (AvgIpc) is 1.77. The van der Waals surface area contributed by atoms with E-state index in [2.05, 4.69) is 4.98 Å². The zero-order chi connectivity index (χ0) is 5.98. The number of aromatic nitrogens is 1. The molecule has 1 aromatic rings. The number of nitrogens with zero attached hydrogens (tertiary/aromatic N) is 1. The molecule has 0 atom stereocenters. The second-order valence-corrected chi connectivity index (χ2v) is 1.68. The smallest absolute Gasteiger partial charge is 0.0601 e. The fraction of sp³-hybridized carbons (Fsp3) is 0.167. The SMILES string of the molecule is Cc1ncccc1N.Cl.Cl.Cl. The number of nitrogen functional groups attached to an aromatic ring is 1. The molecule has 5 heteroatoms. The maximum absolute atomic E-state index is 5.46. The molecule has 1 rings (SSSR count). The molecule has 0 fully saturated rings. The molecule has 0 radical (unpaired) electrons. The molecule has 66 valence electrons. The lowest BCUT2D eigenvalue weighted by Crippen LogP contribution is -1.89. The number of rotatable bonds is 0. The number of aryl methyl sites for hydroxylation is 1. The summed E-state index contributed by atoms with van der Waals surface area (Å²) in [6.07, 6.45) is 1.73. The molecule has 0 bridgehead atoms. The van der Waals surface area contributed by atoms with Gasteiger partial charge in [0.25, 0.3) is 0 Å². The number of nitrogens with two attached hydrogens (primary N) is 1. The average molecular weight is 218 g/mol. The summed E-state index contributed by atoms with van der Waals surface area (Å²) in [6.45, 7) is 1.88. The van der Waals surface area contributed by atoms with Crippen LogP contribution in [0.1, 0.15) is 5.69 Å². The van der Waals surface area contributed by atoms with Gasteiger partial charge < -0.3 is 5.73 Å². The number of pyridine rings is 1. The standard InChI is InChI=1S/C6H8N2.3ClH/c1-5-6(7)3-2-4-8-5;;;/h2-4H,7H2,1H3;3*1H. The molecule has 0 amide bonds. The fourth-order valence-electron chi connectivity index (χ4n) is 0.497. The summed E-state index contributed by atoms with van der Waals surface area (Å²) in [5.74, 6) is 0. The van der Waals surface area contributed by atoms with Gasteiger partial charge in [-0.05, 0) is 19.1 Å². The van der Waals surface area contributed by atoms with E-state index in [0.717, 1.165) is 11.4 Å². The van der Waals surface area contributed by atoms with Crippen molar-refractivity contribution in [3.05, 3.63) is 24.0 Å². The van der Waals surface area contributed by atoms with E-state index in [1.54, 1.807) is 6.20 Å². The normalized spacial score (nSPS) is 6.64. The number of hydrogen-bond acceptors (Lipinski definition) is 2. The summed E-state index contributed by atoms with van der Waals surface area (Å²) in [5.41, 5.74) is 7.11. The fourth-order valence-corrected chi connectivity index (χ4v) is 0.497. The summed E-state index contributed by atoms with van der Waals surface area (Å²) in [5, 5.41) is 0. The van der Waals surface area contributed by atoms with Crippen molar-refractivity contribution in [2.45, 2.75) is 6.92 Å². The van der Waals surface area contributed by atoms with Gasteiger partial charge in [-0.25, -0.2) is 0 Å². The molecule has 0 unspecified atom stereocenters. The monoisotopic (exact) mass is 216 g/mol. The molecule has 0 aromatic carbocycles. The second kappa shape index (κ2) is 7.92. The Hall–Kier alpha value is -0.180. The highest BCUT2D eigenvalue weighted by molar-refractivity contribution is 5.86. The van der Waals surface area contributed by atoms with Crippen LogP contribution in [0.5, 0.6) is 0 Å². The predicted molar refractivity (Wildman–Crippen MR) is 55.1 cm³/mol. The van der Waals surface area contributed by atoms with Gasteiger partial charge in [0.05, 0.1) is 11.4 Å². The van der Waals surface area contributed by atoms with E-state index in [9.17, 15) is 0 Å². The highest BCUT2D eigenvalue weighted by Gasteiger charge is 1.86. The van der Waals surface area contributed by atoms with Crippen LogP contribution in [-0.2, 0) is 0 Å².